The second kappa shape index (κ2) is 8.71. The Morgan fingerprint density at radius 3 is 2.45 bits per heavy atom. The number of likely N-dealkylation sites (tertiary alicyclic amines) is 1. The number of ketones is 1. The van der Waals surface area contributed by atoms with Crippen LogP contribution < -0.4 is 14.2 Å². The standard InChI is InChI=1S/C24H25NO6/c1-3-11-25-21(15-5-8-17(9-6-15)29-4-2)20(23(27)24(25)28)22(26)16-7-10-18-19(14-16)31-13-12-30-18/h5-10,14,21,26H,3-4,11-13H2,1-2H3/b22-20-. The molecule has 0 bridgehead atoms. The zero-order valence-electron chi connectivity index (χ0n) is 17.6. The third-order valence-electron chi connectivity index (χ3n) is 5.33. The van der Waals surface area contributed by atoms with Crippen molar-refractivity contribution in [2.75, 3.05) is 26.4 Å². The number of fused-ring (bicyclic) bond motifs is 1. The van der Waals surface area contributed by atoms with Gasteiger partial charge < -0.3 is 24.2 Å². The predicted molar refractivity (Wildman–Crippen MR) is 114 cm³/mol. The highest BCUT2D eigenvalue weighted by Gasteiger charge is 2.45. The van der Waals surface area contributed by atoms with E-state index < -0.39 is 17.7 Å². The van der Waals surface area contributed by atoms with Crippen molar-refractivity contribution in [2.24, 2.45) is 0 Å². The van der Waals surface area contributed by atoms with Gasteiger partial charge in [0.1, 0.15) is 24.7 Å². The molecule has 0 radical (unpaired) electrons. The van der Waals surface area contributed by atoms with E-state index in [-0.39, 0.29) is 11.3 Å². The van der Waals surface area contributed by atoms with Gasteiger partial charge in [0.25, 0.3) is 11.7 Å². The smallest absolute Gasteiger partial charge is 0.295 e. The molecule has 1 fully saturated rings. The number of aliphatic hydroxyl groups excluding tert-OH is 1. The van der Waals surface area contributed by atoms with Crippen LogP contribution in [0.5, 0.6) is 17.2 Å². The molecule has 2 aliphatic rings. The van der Waals surface area contributed by atoms with E-state index in [4.69, 9.17) is 14.2 Å². The lowest BCUT2D eigenvalue weighted by atomic mass is 9.95. The van der Waals surface area contributed by atoms with Crippen LogP contribution >= 0.6 is 0 Å². The van der Waals surface area contributed by atoms with Gasteiger partial charge in [0.05, 0.1) is 18.2 Å². The van der Waals surface area contributed by atoms with Crippen molar-refractivity contribution in [3.8, 4) is 17.2 Å². The van der Waals surface area contributed by atoms with Crippen molar-refractivity contribution >= 4 is 17.4 Å². The minimum absolute atomic E-state index is 0.0688. The fourth-order valence-electron chi connectivity index (χ4n) is 3.96. The molecule has 1 unspecified atom stereocenters. The monoisotopic (exact) mass is 423 g/mol. The van der Waals surface area contributed by atoms with E-state index in [2.05, 4.69) is 0 Å². The lowest BCUT2D eigenvalue weighted by molar-refractivity contribution is -0.139. The Labute approximate surface area is 180 Å². The van der Waals surface area contributed by atoms with E-state index in [1.807, 2.05) is 26.0 Å². The van der Waals surface area contributed by atoms with Gasteiger partial charge in [-0.3, -0.25) is 9.59 Å². The minimum atomic E-state index is -0.695. The zero-order chi connectivity index (χ0) is 22.0. The number of amides is 1. The third-order valence-corrected chi connectivity index (χ3v) is 5.33. The van der Waals surface area contributed by atoms with Crippen molar-refractivity contribution in [1.82, 2.24) is 4.90 Å². The summed E-state index contributed by atoms with van der Waals surface area (Å²) in [5.74, 6) is 0.242. The first-order valence-corrected chi connectivity index (χ1v) is 10.5. The second-order valence-electron chi connectivity index (χ2n) is 7.35. The van der Waals surface area contributed by atoms with Crippen LogP contribution in [0.15, 0.2) is 48.0 Å². The highest BCUT2D eigenvalue weighted by atomic mass is 16.6. The Morgan fingerprint density at radius 2 is 1.77 bits per heavy atom. The molecular weight excluding hydrogens is 398 g/mol. The maximum absolute atomic E-state index is 13.0. The van der Waals surface area contributed by atoms with Crippen LogP contribution in [0.25, 0.3) is 5.76 Å². The fourth-order valence-corrected chi connectivity index (χ4v) is 3.96. The molecule has 0 aliphatic carbocycles. The molecule has 162 valence electrons. The molecular formula is C24H25NO6. The fraction of sp³-hybridized carbons (Fsp3) is 0.333. The first-order chi connectivity index (χ1) is 15.0. The molecule has 1 saturated heterocycles. The summed E-state index contributed by atoms with van der Waals surface area (Å²) in [6.45, 7) is 5.65. The molecule has 1 amide bonds. The number of ether oxygens (including phenoxy) is 3. The van der Waals surface area contributed by atoms with Crippen molar-refractivity contribution in [1.29, 1.82) is 0 Å². The van der Waals surface area contributed by atoms with Crippen LogP contribution in [0.3, 0.4) is 0 Å². The number of aliphatic hydroxyl groups is 1. The molecule has 2 aliphatic heterocycles. The second-order valence-corrected chi connectivity index (χ2v) is 7.35. The summed E-state index contributed by atoms with van der Waals surface area (Å²) in [7, 11) is 0. The van der Waals surface area contributed by atoms with Gasteiger partial charge in [-0.25, -0.2) is 0 Å². The van der Waals surface area contributed by atoms with Gasteiger partial charge in [-0.1, -0.05) is 19.1 Å². The van der Waals surface area contributed by atoms with Crippen LogP contribution in [-0.2, 0) is 9.59 Å². The Balaban J connectivity index is 1.80. The molecule has 31 heavy (non-hydrogen) atoms. The van der Waals surface area contributed by atoms with Crippen LogP contribution in [0.1, 0.15) is 37.4 Å². The summed E-state index contributed by atoms with van der Waals surface area (Å²) < 4.78 is 16.6. The number of hydrogen-bond acceptors (Lipinski definition) is 6. The normalized spacial score (nSPS) is 19.5. The topological polar surface area (TPSA) is 85.3 Å². The average molecular weight is 423 g/mol. The van der Waals surface area contributed by atoms with Gasteiger partial charge in [0, 0.05) is 12.1 Å². The molecule has 2 aromatic rings. The molecule has 1 atom stereocenters. The maximum atomic E-state index is 13.0. The van der Waals surface area contributed by atoms with Crippen molar-refractivity contribution in [2.45, 2.75) is 26.3 Å². The van der Waals surface area contributed by atoms with Crippen LogP contribution in [-0.4, -0.2) is 48.1 Å². The lowest BCUT2D eigenvalue weighted by Gasteiger charge is -2.25. The molecule has 7 nitrogen and oxygen atoms in total. The number of rotatable bonds is 6. The number of hydrogen-bond donors (Lipinski definition) is 1. The van der Waals surface area contributed by atoms with E-state index in [0.29, 0.717) is 55.6 Å². The molecule has 4 rings (SSSR count). The van der Waals surface area contributed by atoms with Crippen LogP contribution in [0.4, 0.5) is 0 Å². The average Bonchev–Trinajstić information content (AvgIpc) is 3.04. The molecule has 2 aromatic carbocycles. The highest BCUT2D eigenvalue weighted by Crippen LogP contribution is 2.41. The van der Waals surface area contributed by atoms with E-state index in [0.717, 1.165) is 5.56 Å². The zero-order valence-corrected chi connectivity index (χ0v) is 17.6. The Morgan fingerprint density at radius 1 is 1.06 bits per heavy atom. The maximum Gasteiger partial charge on any atom is 0.295 e. The van der Waals surface area contributed by atoms with Gasteiger partial charge >= 0.3 is 0 Å². The van der Waals surface area contributed by atoms with Crippen LogP contribution in [0, 0.1) is 0 Å². The van der Waals surface area contributed by atoms with E-state index in [9.17, 15) is 14.7 Å². The van der Waals surface area contributed by atoms with Gasteiger partial charge in [0.2, 0.25) is 0 Å². The number of carbonyl (C=O) groups excluding carboxylic acids is 2. The highest BCUT2D eigenvalue weighted by molar-refractivity contribution is 6.46. The quantitative estimate of drug-likeness (QED) is 0.433. The summed E-state index contributed by atoms with van der Waals surface area (Å²) in [5, 5.41) is 11.1. The van der Waals surface area contributed by atoms with Crippen LogP contribution in [0.2, 0.25) is 0 Å². The predicted octanol–water partition coefficient (Wildman–Crippen LogP) is 3.69. The Bertz CT molecular complexity index is 1030. The summed E-state index contributed by atoms with van der Waals surface area (Å²) in [5.41, 5.74) is 1.20. The summed E-state index contributed by atoms with van der Waals surface area (Å²) in [6.07, 6.45) is 0.685. The van der Waals surface area contributed by atoms with E-state index in [1.54, 1.807) is 30.3 Å². The molecule has 1 N–H and O–H groups in total. The summed E-state index contributed by atoms with van der Waals surface area (Å²) >= 11 is 0. The lowest BCUT2D eigenvalue weighted by Crippen LogP contribution is -2.30. The number of benzene rings is 2. The Kier molecular flexibility index (Phi) is 5.84. The van der Waals surface area contributed by atoms with Gasteiger partial charge in [-0.15, -0.1) is 0 Å². The largest absolute Gasteiger partial charge is 0.507 e. The van der Waals surface area contributed by atoms with Gasteiger partial charge in [0.15, 0.2) is 11.5 Å². The number of nitrogens with zero attached hydrogens (tertiary/aromatic N) is 1. The van der Waals surface area contributed by atoms with Gasteiger partial charge in [-0.05, 0) is 49.2 Å². The molecule has 0 saturated carbocycles. The van der Waals surface area contributed by atoms with Crippen molar-refractivity contribution in [3.63, 3.8) is 0 Å². The number of carbonyl (C=O) groups is 2. The Hall–Kier alpha value is -3.48. The van der Waals surface area contributed by atoms with Crippen molar-refractivity contribution in [3.05, 3.63) is 59.2 Å². The first-order valence-electron chi connectivity index (χ1n) is 10.5. The first kappa shape index (κ1) is 20.8. The molecule has 2 heterocycles. The minimum Gasteiger partial charge on any atom is -0.507 e. The van der Waals surface area contributed by atoms with Gasteiger partial charge in [-0.2, -0.15) is 0 Å². The van der Waals surface area contributed by atoms with E-state index in [1.165, 1.54) is 4.90 Å². The van der Waals surface area contributed by atoms with Crippen molar-refractivity contribution < 1.29 is 28.9 Å². The number of Topliss-reactive ketones (excluding diaryl/α,β-unsaturated/α-hetero) is 1. The molecule has 0 aromatic heterocycles. The van der Waals surface area contributed by atoms with E-state index >= 15 is 0 Å². The summed E-state index contributed by atoms with van der Waals surface area (Å²) in [6, 6.07) is 11.5. The third kappa shape index (κ3) is 3.83. The SMILES string of the molecule is CCCN1C(=O)C(=O)/C(=C(\O)c2ccc3c(c2)OCCO3)C1c1ccc(OCC)cc1. The molecule has 0 spiro atoms. The summed E-state index contributed by atoms with van der Waals surface area (Å²) in [4.78, 5) is 27.3. The molecule has 7 heteroatoms.